The topological polar surface area (TPSA) is 207 Å². The van der Waals surface area contributed by atoms with E-state index in [1.165, 1.54) is 44.4 Å². The number of fused-ring (bicyclic) bond motifs is 2. The fraction of sp³-hybridized carbons (Fsp3) is 0.444. The number of H-pyrrole nitrogens is 1. The number of rotatable bonds is 14. The molecular formula is C54H67N7O9S. The standard InChI is InChI=1S/C32H45N3O4S.C22H22N4O5/c1-21-25(15-10-16-28(21)36)30(38)33-26(20-40-24-13-6-5-7-14-24)29(37)19-35-18-23-12-9-8-11-22(23)17-27(35)31(39)34-32(2,3)4;1-30-16-13-24-20(31-2)18-17(16)15(12-23-18)19(27)22(29)26-10-8-25(9-11-26)21(28)14-6-4-3-5-7-14/h5-7,10,13-16,22-23,26-27,29,36-37H,8-9,11-12,17-20H2,1-4H3,(H,33,38)(H,34,39);3-7,12-13,23H,8-11H2,1-2H3/t22-,23+,26-,27-,29+;/m0./s1. The molecule has 0 radical (unpaired) electrons. The van der Waals surface area contributed by atoms with Gasteiger partial charge in [-0.2, -0.15) is 0 Å². The highest BCUT2D eigenvalue weighted by Gasteiger charge is 2.42. The largest absolute Gasteiger partial charge is 0.508 e. The molecule has 5 N–H and O–H groups in total. The van der Waals surface area contributed by atoms with Crippen LogP contribution in [0.4, 0.5) is 0 Å². The number of likely N-dealkylation sites (tertiary alicyclic amines) is 1. The molecule has 71 heavy (non-hydrogen) atoms. The maximum Gasteiger partial charge on any atom is 0.295 e. The van der Waals surface area contributed by atoms with Gasteiger partial charge in [0.1, 0.15) is 17.0 Å². The van der Waals surface area contributed by atoms with Crippen molar-refractivity contribution >= 4 is 52.1 Å². The minimum Gasteiger partial charge on any atom is -0.508 e. The van der Waals surface area contributed by atoms with Gasteiger partial charge in [-0.25, -0.2) is 4.98 Å². The fourth-order valence-electron chi connectivity index (χ4n) is 9.78. The lowest BCUT2D eigenvalue weighted by Crippen LogP contribution is -2.60. The van der Waals surface area contributed by atoms with Gasteiger partial charge in [-0.3, -0.25) is 28.9 Å². The van der Waals surface area contributed by atoms with Crippen molar-refractivity contribution in [1.29, 1.82) is 0 Å². The van der Waals surface area contributed by atoms with Crippen LogP contribution in [0.2, 0.25) is 0 Å². The molecule has 3 fully saturated rings. The number of aromatic nitrogens is 2. The number of ketones is 1. The predicted molar refractivity (Wildman–Crippen MR) is 273 cm³/mol. The lowest BCUT2D eigenvalue weighted by Gasteiger charge is -2.47. The van der Waals surface area contributed by atoms with Crippen molar-refractivity contribution < 1.29 is 43.7 Å². The van der Waals surface area contributed by atoms with E-state index in [1.807, 2.05) is 69.3 Å². The number of nitrogens with zero attached hydrogens (tertiary/aromatic N) is 4. The average Bonchev–Trinajstić information content (AvgIpc) is 3.83. The molecule has 2 saturated heterocycles. The molecule has 0 bridgehead atoms. The van der Waals surface area contributed by atoms with Crippen LogP contribution >= 0.6 is 11.8 Å². The lowest BCUT2D eigenvalue weighted by molar-refractivity contribution is -0.132. The average molecular weight is 990 g/mol. The predicted octanol–water partition coefficient (Wildman–Crippen LogP) is 6.50. The molecular weight excluding hydrogens is 923 g/mol. The van der Waals surface area contributed by atoms with Crippen LogP contribution in [0.1, 0.15) is 89.5 Å². The van der Waals surface area contributed by atoms with Gasteiger partial charge in [0.25, 0.3) is 23.5 Å². The lowest BCUT2D eigenvalue weighted by atomic mass is 9.72. The van der Waals surface area contributed by atoms with Crippen molar-refractivity contribution in [3.63, 3.8) is 0 Å². The summed E-state index contributed by atoms with van der Waals surface area (Å²) < 4.78 is 10.5. The summed E-state index contributed by atoms with van der Waals surface area (Å²) in [6, 6.07) is 22.9. The smallest absolute Gasteiger partial charge is 0.295 e. The Morgan fingerprint density at radius 1 is 0.859 bits per heavy atom. The Morgan fingerprint density at radius 2 is 1.52 bits per heavy atom. The van der Waals surface area contributed by atoms with E-state index in [1.54, 1.807) is 53.9 Å². The first-order valence-electron chi connectivity index (χ1n) is 24.3. The van der Waals surface area contributed by atoms with Gasteiger partial charge in [-0.1, -0.05) is 61.7 Å². The van der Waals surface area contributed by atoms with E-state index in [-0.39, 0.29) is 53.7 Å². The summed E-state index contributed by atoms with van der Waals surface area (Å²) in [5.74, 6) is 0.585. The Kier molecular flexibility index (Phi) is 17.5. The molecule has 1 saturated carbocycles. The van der Waals surface area contributed by atoms with Crippen molar-refractivity contribution in [2.24, 2.45) is 11.8 Å². The maximum absolute atomic E-state index is 13.5. The number of ether oxygens (including phenoxy) is 2. The second-order valence-corrected chi connectivity index (χ2v) is 20.6. The van der Waals surface area contributed by atoms with Crippen LogP contribution in [-0.4, -0.2) is 147 Å². The summed E-state index contributed by atoms with van der Waals surface area (Å²) in [6.45, 7) is 10.1. The van der Waals surface area contributed by atoms with Gasteiger partial charge in [-0.05, 0) is 88.8 Å². The first kappa shape index (κ1) is 52.4. The Balaban J connectivity index is 0.000000215. The zero-order valence-corrected chi connectivity index (χ0v) is 42.3. The zero-order valence-electron chi connectivity index (χ0n) is 41.5. The van der Waals surface area contributed by atoms with Gasteiger partial charge >= 0.3 is 0 Å². The summed E-state index contributed by atoms with van der Waals surface area (Å²) in [5.41, 5.74) is 1.82. The van der Waals surface area contributed by atoms with Crippen molar-refractivity contribution in [3.05, 3.63) is 114 Å². The number of aliphatic hydroxyl groups is 1. The van der Waals surface area contributed by atoms with E-state index in [9.17, 15) is 34.2 Å². The second kappa shape index (κ2) is 23.7. The number of piperidine rings is 1. The quantitative estimate of drug-likeness (QED) is 0.0460. The Hall–Kier alpha value is -6.43. The summed E-state index contributed by atoms with van der Waals surface area (Å²) >= 11 is 1.57. The number of nitrogens with one attached hydrogen (secondary N) is 3. The Bertz CT molecular complexity index is 2650. The van der Waals surface area contributed by atoms with E-state index >= 15 is 0 Å². The number of thioether (sulfide) groups is 1. The first-order chi connectivity index (χ1) is 34.1. The number of aromatic hydroxyl groups is 1. The van der Waals surface area contributed by atoms with Crippen LogP contribution in [0.25, 0.3) is 10.9 Å². The van der Waals surface area contributed by atoms with Crippen molar-refractivity contribution in [2.75, 3.05) is 59.2 Å². The molecule has 2 aromatic heterocycles. The summed E-state index contributed by atoms with van der Waals surface area (Å²) in [4.78, 5) is 78.8. The number of aromatic amines is 1. The third kappa shape index (κ3) is 12.9. The van der Waals surface area contributed by atoms with Gasteiger partial charge in [0.05, 0.1) is 49.6 Å². The number of methoxy groups -OCH3 is 2. The van der Waals surface area contributed by atoms with Crippen LogP contribution in [0, 0.1) is 18.8 Å². The summed E-state index contributed by atoms with van der Waals surface area (Å²) in [7, 11) is 2.94. The van der Waals surface area contributed by atoms with Crippen LogP contribution in [-0.2, 0) is 9.59 Å². The Labute approximate surface area is 419 Å². The number of Topliss-reactive ketones (excluding diaryl/α,β-unsaturated/α-hetero) is 1. The van der Waals surface area contributed by atoms with Crippen LogP contribution in [0.5, 0.6) is 17.4 Å². The number of hydrogen-bond donors (Lipinski definition) is 5. The highest BCUT2D eigenvalue weighted by Crippen LogP contribution is 2.39. The number of amides is 4. The number of hydrogen-bond acceptors (Lipinski definition) is 12. The molecule has 8 rings (SSSR count). The van der Waals surface area contributed by atoms with Gasteiger partial charge in [0.2, 0.25) is 11.8 Å². The second-order valence-electron chi connectivity index (χ2n) is 19.5. The third-order valence-corrected chi connectivity index (χ3v) is 14.7. The number of benzene rings is 3. The van der Waals surface area contributed by atoms with E-state index < -0.39 is 23.8 Å². The molecule has 5 atom stereocenters. The number of carbonyl (C=O) groups is 5. The molecule has 378 valence electrons. The molecule has 2 aliphatic heterocycles. The molecule has 4 heterocycles. The molecule has 5 aromatic rings. The van der Waals surface area contributed by atoms with Crippen LogP contribution < -0.4 is 20.1 Å². The third-order valence-electron chi connectivity index (χ3n) is 13.6. The summed E-state index contributed by atoms with van der Waals surface area (Å²) in [5, 5.41) is 28.4. The molecule has 3 aromatic carbocycles. The van der Waals surface area contributed by atoms with E-state index in [0.717, 1.165) is 30.7 Å². The molecule has 16 nitrogen and oxygen atoms in total. The summed E-state index contributed by atoms with van der Waals surface area (Å²) in [6.07, 6.45) is 7.59. The van der Waals surface area contributed by atoms with Gasteiger partial charge in [0.15, 0.2) is 0 Å². The number of carbonyl (C=O) groups excluding carboxylic acids is 5. The number of aliphatic hydroxyl groups excluding tert-OH is 1. The van der Waals surface area contributed by atoms with Gasteiger partial charge in [-0.15, -0.1) is 11.8 Å². The highest BCUT2D eigenvalue weighted by atomic mass is 32.2. The minimum absolute atomic E-state index is 0.0124. The number of piperazine rings is 1. The molecule has 17 heteroatoms. The van der Waals surface area contributed by atoms with E-state index in [4.69, 9.17) is 9.47 Å². The SMILES string of the molecule is COc1ncc(OC)c2c(C(=O)C(=O)N3CCN(C(=O)c4ccccc4)CC3)c[nH]c12.Cc1c(O)cccc1C(=O)N[C@@H](CSc1ccccc1)[C@H](O)CN1C[C@H]2CCCC[C@H]2C[C@H]1C(=O)NC(C)(C)C. The van der Waals surface area contributed by atoms with Crippen LogP contribution in [0.15, 0.2) is 96.2 Å². The molecule has 1 aliphatic carbocycles. The van der Waals surface area contributed by atoms with Crippen LogP contribution in [0.3, 0.4) is 0 Å². The molecule has 0 unspecified atom stereocenters. The first-order valence-corrected chi connectivity index (χ1v) is 25.3. The highest BCUT2D eigenvalue weighted by molar-refractivity contribution is 7.99. The zero-order chi connectivity index (χ0) is 50.8. The van der Waals surface area contributed by atoms with E-state index in [0.29, 0.717) is 76.4 Å². The van der Waals surface area contributed by atoms with Crippen molar-refractivity contribution in [1.82, 2.24) is 35.3 Å². The molecule has 3 aliphatic rings. The van der Waals surface area contributed by atoms with Gasteiger partial charge < -0.3 is 45.1 Å². The van der Waals surface area contributed by atoms with Gasteiger partial charge in [0, 0.05) is 78.3 Å². The maximum atomic E-state index is 13.5. The number of β-amino-alcohol motifs (C(OH)–C–C–N with tert-alkyl or cyclic N) is 1. The molecule has 4 amide bonds. The number of phenolic OH excluding ortho intramolecular Hbond substituents is 1. The monoisotopic (exact) mass is 989 g/mol. The number of phenols is 1. The van der Waals surface area contributed by atoms with Crippen molar-refractivity contribution in [2.45, 2.75) is 88.4 Å². The van der Waals surface area contributed by atoms with E-state index in [2.05, 4.69) is 25.5 Å². The minimum atomic E-state index is -0.886. The normalized spacial score (nSPS) is 19.1. The Morgan fingerprint density at radius 3 is 2.18 bits per heavy atom. The number of pyridine rings is 1. The molecule has 0 spiro atoms. The van der Waals surface area contributed by atoms with Crippen molar-refractivity contribution in [3.8, 4) is 17.4 Å². The fourth-order valence-corrected chi connectivity index (χ4v) is 10.8.